The Balaban J connectivity index is 2.13. The van der Waals surface area contributed by atoms with E-state index in [1.54, 1.807) is 0 Å². The van der Waals surface area contributed by atoms with Crippen molar-refractivity contribution in [2.24, 2.45) is 0 Å². The van der Waals surface area contributed by atoms with Crippen molar-refractivity contribution in [3.05, 3.63) is 59.2 Å². The van der Waals surface area contributed by atoms with Gasteiger partial charge in [-0.05, 0) is 48.2 Å². The number of nitrogens with zero attached hydrogens (tertiary/aromatic N) is 1. The van der Waals surface area contributed by atoms with E-state index in [-0.39, 0.29) is 0 Å². The van der Waals surface area contributed by atoms with Crippen LogP contribution < -0.4 is 10.6 Å². The summed E-state index contributed by atoms with van der Waals surface area (Å²) in [5.41, 5.74) is 11.8. The second-order valence-electron chi connectivity index (χ2n) is 5.13. The van der Waals surface area contributed by atoms with Crippen molar-refractivity contribution in [3.8, 4) is 0 Å². The van der Waals surface area contributed by atoms with E-state index < -0.39 is 0 Å². The van der Waals surface area contributed by atoms with Gasteiger partial charge >= 0.3 is 0 Å². The van der Waals surface area contributed by atoms with Crippen molar-refractivity contribution < 1.29 is 0 Å². The Kier molecular flexibility index (Phi) is 4.10. The Morgan fingerprint density at radius 2 is 1.63 bits per heavy atom. The number of aryl methyl sites for hydroxylation is 2. The third-order valence-electron chi connectivity index (χ3n) is 3.38. The van der Waals surface area contributed by atoms with Crippen LogP contribution in [0.25, 0.3) is 0 Å². The Morgan fingerprint density at radius 3 is 2.21 bits per heavy atom. The van der Waals surface area contributed by atoms with Crippen molar-refractivity contribution in [1.82, 2.24) is 0 Å². The highest BCUT2D eigenvalue weighted by Gasteiger charge is 2.04. The molecule has 2 nitrogen and oxygen atoms in total. The average Bonchev–Trinajstić information content (AvgIpc) is 2.38. The minimum atomic E-state index is 0.822. The molecule has 19 heavy (non-hydrogen) atoms. The minimum Gasteiger partial charge on any atom is -0.399 e. The maximum Gasteiger partial charge on any atom is 0.0426 e. The smallest absolute Gasteiger partial charge is 0.0426 e. The number of hydrogen-bond acceptors (Lipinski definition) is 2. The highest BCUT2D eigenvalue weighted by atomic mass is 15.1. The molecular weight excluding hydrogens is 232 g/mol. The summed E-state index contributed by atoms with van der Waals surface area (Å²) in [4.78, 5) is 2.23. The molecule has 0 saturated heterocycles. The van der Waals surface area contributed by atoms with Gasteiger partial charge in [0, 0.05) is 25.0 Å². The first-order valence-corrected chi connectivity index (χ1v) is 6.74. The lowest BCUT2D eigenvalue weighted by molar-refractivity contribution is 0.920. The molecule has 0 aliphatic rings. The van der Waals surface area contributed by atoms with Crippen LogP contribution in [0.1, 0.15) is 23.6 Å². The fourth-order valence-corrected chi connectivity index (χ4v) is 2.26. The van der Waals surface area contributed by atoms with Crippen LogP contribution in [-0.2, 0) is 13.0 Å². The molecule has 2 rings (SSSR count). The van der Waals surface area contributed by atoms with E-state index in [1.807, 2.05) is 12.1 Å². The second kappa shape index (κ2) is 5.79. The molecule has 2 aromatic rings. The highest BCUT2D eigenvalue weighted by molar-refractivity contribution is 5.58. The van der Waals surface area contributed by atoms with Crippen molar-refractivity contribution in [2.45, 2.75) is 26.8 Å². The number of rotatable bonds is 4. The molecule has 0 spiro atoms. The molecule has 0 saturated carbocycles. The molecule has 2 N–H and O–H groups in total. The van der Waals surface area contributed by atoms with Crippen LogP contribution in [0.15, 0.2) is 42.5 Å². The van der Waals surface area contributed by atoms with E-state index in [4.69, 9.17) is 5.73 Å². The van der Waals surface area contributed by atoms with Crippen molar-refractivity contribution >= 4 is 11.4 Å². The molecule has 0 heterocycles. The summed E-state index contributed by atoms with van der Waals surface area (Å²) in [7, 11) is 2.10. The summed E-state index contributed by atoms with van der Waals surface area (Å²) in [6.07, 6.45) is 1.09. The van der Waals surface area contributed by atoms with E-state index in [1.165, 1.54) is 16.7 Å². The summed E-state index contributed by atoms with van der Waals surface area (Å²) in [5.74, 6) is 0. The molecule has 0 radical (unpaired) electrons. The lowest BCUT2D eigenvalue weighted by Crippen LogP contribution is -2.16. The summed E-state index contributed by atoms with van der Waals surface area (Å²) in [5, 5.41) is 0. The van der Waals surface area contributed by atoms with Crippen LogP contribution >= 0.6 is 0 Å². The van der Waals surface area contributed by atoms with Gasteiger partial charge in [-0.1, -0.05) is 31.2 Å². The van der Waals surface area contributed by atoms with Gasteiger partial charge in [0.1, 0.15) is 0 Å². The predicted octanol–water partition coefficient (Wildman–Crippen LogP) is 3.78. The fourth-order valence-electron chi connectivity index (χ4n) is 2.26. The van der Waals surface area contributed by atoms with Gasteiger partial charge in [0.05, 0.1) is 0 Å². The number of nitrogens with two attached hydrogens (primary N) is 1. The zero-order valence-electron chi connectivity index (χ0n) is 12.0. The van der Waals surface area contributed by atoms with E-state index in [0.29, 0.717) is 0 Å². The molecule has 0 fully saturated rings. The largest absolute Gasteiger partial charge is 0.399 e. The number of anilines is 2. The van der Waals surface area contributed by atoms with Gasteiger partial charge in [-0.25, -0.2) is 0 Å². The molecular formula is C17H22N2. The van der Waals surface area contributed by atoms with Gasteiger partial charge in [-0.2, -0.15) is 0 Å². The van der Waals surface area contributed by atoms with Crippen LogP contribution in [0.5, 0.6) is 0 Å². The van der Waals surface area contributed by atoms with Gasteiger partial charge in [-0.3, -0.25) is 0 Å². The van der Waals surface area contributed by atoms with Crippen LogP contribution in [0.4, 0.5) is 11.4 Å². The Bertz CT molecular complexity index is 523. The maximum absolute atomic E-state index is 5.90. The quantitative estimate of drug-likeness (QED) is 0.841. The van der Waals surface area contributed by atoms with Gasteiger partial charge in [0.2, 0.25) is 0 Å². The fraction of sp³-hybridized carbons (Fsp3) is 0.294. The third kappa shape index (κ3) is 3.50. The molecule has 2 heteroatoms. The lowest BCUT2D eigenvalue weighted by atomic mass is 10.1. The second-order valence-corrected chi connectivity index (χ2v) is 5.13. The molecule has 2 aromatic carbocycles. The van der Waals surface area contributed by atoms with Gasteiger partial charge in [-0.15, -0.1) is 0 Å². The van der Waals surface area contributed by atoms with Crippen LogP contribution in [0, 0.1) is 6.92 Å². The first-order chi connectivity index (χ1) is 9.08. The maximum atomic E-state index is 5.90. The zero-order chi connectivity index (χ0) is 13.8. The minimum absolute atomic E-state index is 0.822. The van der Waals surface area contributed by atoms with Gasteiger partial charge < -0.3 is 10.6 Å². The molecule has 0 bridgehead atoms. The normalized spacial score (nSPS) is 10.5. The lowest BCUT2D eigenvalue weighted by Gasteiger charge is -2.20. The number of nitrogen functional groups attached to an aromatic ring is 1. The van der Waals surface area contributed by atoms with E-state index in [0.717, 1.165) is 24.3 Å². The zero-order valence-corrected chi connectivity index (χ0v) is 12.0. The Hall–Kier alpha value is -1.96. The van der Waals surface area contributed by atoms with Crippen molar-refractivity contribution in [2.75, 3.05) is 17.7 Å². The Labute approximate surface area is 115 Å². The van der Waals surface area contributed by atoms with Crippen LogP contribution in [0.3, 0.4) is 0 Å². The van der Waals surface area contributed by atoms with E-state index in [9.17, 15) is 0 Å². The molecule has 100 valence electrons. The summed E-state index contributed by atoms with van der Waals surface area (Å²) in [6.45, 7) is 5.15. The average molecular weight is 254 g/mol. The van der Waals surface area contributed by atoms with Crippen molar-refractivity contribution in [3.63, 3.8) is 0 Å². The first kappa shape index (κ1) is 13.5. The Morgan fingerprint density at radius 1 is 1.00 bits per heavy atom. The molecule has 0 unspecified atom stereocenters. The summed E-state index contributed by atoms with van der Waals surface area (Å²) < 4.78 is 0. The van der Waals surface area contributed by atoms with Gasteiger partial charge in [0.25, 0.3) is 0 Å². The molecule has 0 aromatic heterocycles. The monoisotopic (exact) mass is 254 g/mol. The molecule has 0 atom stereocenters. The standard InChI is InChI=1S/C17H22N2/c1-4-14-5-7-15(8-6-14)12-19(3)17-10-13(2)9-16(18)11-17/h5-11H,4,12,18H2,1-3H3. The summed E-state index contributed by atoms with van der Waals surface area (Å²) >= 11 is 0. The molecule has 0 aliphatic carbocycles. The third-order valence-corrected chi connectivity index (χ3v) is 3.38. The topological polar surface area (TPSA) is 29.3 Å². The molecule has 0 aliphatic heterocycles. The van der Waals surface area contributed by atoms with Crippen LogP contribution in [-0.4, -0.2) is 7.05 Å². The number of benzene rings is 2. The number of hydrogen-bond donors (Lipinski definition) is 1. The van der Waals surface area contributed by atoms with Gasteiger partial charge in [0.15, 0.2) is 0 Å². The molecule has 0 amide bonds. The van der Waals surface area contributed by atoms with Crippen molar-refractivity contribution in [1.29, 1.82) is 0 Å². The SMILES string of the molecule is CCc1ccc(CN(C)c2cc(C)cc(N)c2)cc1. The van der Waals surface area contributed by atoms with E-state index >= 15 is 0 Å². The first-order valence-electron chi connectivity index (χ1n) is 6.74. The highest BCUT2D eigenvalue weighted by Crippen LogP contribution is 2.21. The predicted molar refractivity (Wildman–Crippen MR) is 83.5 cm³/mol. The van der Waals surface area contributed by atoms with E-state index in [2.05, 4.69) is 56.1 Å². The van der Waals surface area contributed by atoms with Crippen LogP contribution in [0.2, 0.25) is 0 Å². The summed E-state index contributed by atoms with van der Waals surface area (Å²) in [6, 6.07) is 15.0.